The number of urea groups is 1. The van der Waals surface area contributed by atoms with Crippen LogP contribution >= 0.6 is 23.4 Å². The molecule has 0 saturated carbocycles. The van der Waals surface area contributed by atoms with Crippen LogP contribution in [0.5, 0.6) is 0 Å². The van der Waals surface area contributed by atoms with Gasteiger partial charge in [-0.25, -0.2) is 4.79 Å². The summed E-state index contributed by atoms with van der Waals surface area (Å²) >= 11 is 7.46. The summed E-state index contributed by atoms with van der Waals surface area (Å²) in [5, 5.41) is 7.87. The van der Waals surface area contributed by atoms with Crippen molar-refractivity contribution in [3.05, 3.63) is 102 Å². The van der Waals surface area contributed by atoms with Gasteiger partial charge in [-0.05, 0) is 54.6 Å². The smallest absolute Gasteiger partial charge is 0.326 e. The number of carbonyl (C=O) groups excluding carboxylic acids is 3. The molecule has 0 fully saturated rings. The molecule has 3 aromatic rings. The average Bonchev–Trinajstić information content (AvgIpc) is 2.79. The largest absolute Gasteiger partial charge is 0.349 e. The van der Waals surface area contributed by atoms with E-state index in [2.05, 4.69) is 22.5 Å². The number of halogens is 1. The van der Waals surface area contributed by atoms with E-state index in [-0.39, 0.29) is 16.5 Å². The maximum absolute atomic E-state index is 12.2. The summed E-state index contributed by atoms with van der Waals surface area (Å²) in [6.45, 7) is 3.99. The van der Waals surface area contributed by atoms with Crippen molar-refractivity contribution in [2.75, 3.05) is 11.9 Å². The Morgan fingerprint density at radius 1 is 0.906 bits per heavy atom. The van der Waals surface area contributed by atoms with Crippen LogP contribution in [0.3, 0.4) is 0 Å². The van der Waals surface area contributed by atoms with Gasteiger partial charge in [0, 0.05) is 27.6 Å². The van der Waals surface area contributed by atoms with Gasteiger partial charge in [-0.15, -0.1) is 6.58 Å². The summed E-state index contributed by atoms with van der Waals surface area (Å²) in [4.78, 5) is 38.2. The Morgan fingerprint density at radius 3 is 2.38 bits per heavy atom. The number of carbonyl (C=O) groups is 3. The zero-order valence-electron chi connectivity index (χ0n) is 16.9. The van der Waals surface area contributed by atoms with Crippen LogP contribution in [-0.2, 0) is 0 Å². The van der Waals surface area contributed by atoms with Crippen LogP contribution in [-0.4, -0.2) is 24.4 Å². The van der Waals surface area contributed by atoms with Gasteiger partial charge in [0.15, 0.2) is 0 Å². The average molecular weight is 466 g/mol. The molecular weight excluding hydrogens is 446 g/mol. The first-order valence-corrected chi connectivity index (χ1v) is 10.8. The molecule has 0 bridgehead atoms. The highest BCUT2D eigenvalue weighted by molar-refractivity contribution is 7.99. The first-order chi connectivity index (χ1) is 15.5. The predicted molar refractivity (Wildman–Crippen MR) is 127 cm³/mol. The van der Waals surface area contributed by atoms with E-state index < -0.39 is 11.9 Å². The molecule has 162 valence electrons. The molecule has 4 amide bonds. The van der Waals surface area contributed by atoms with Crippen LogP contribution in [0.1, 0.15) is 20.7 Å². The molecular formula is C24H20ClN3O3S. The van der Waals surface area contributed by atoms with Gasteiger partial charge < -0.3 is 10.6 Å². The lowest BCUT2D eigenvalue weighted by Crippen LogP contribution is -2.34. The maximum Gasteiger partial charge on any atom is 0.326 e. The number of anilines is 1. The molecule has 0 aromatic heterocycles. The summed E-state index contributed by atoms with van der Waals surface area (Å²) in [5.74, 6) is -0.749. The minimum atomic E-state index is -0.659. The van der Waals surface area contributed by atoms with E-state index >= 15 is 0 Å². The summed E-state index contributed by atoms with van der Waals surface area (Å²) in [6, 6.07) is 20.2. The van der Waals surface area contributed by atoms with E-state index in [1.807, 2.05) is 30.3 Å². The fourth-order valence-corrected chi connectivity index (χ4v) is 3.79. The van der Waals surface area contributed by atoms with Gasteiger partial charge >= 0.3 is 6.03 Å². The molecule has 0 atom stereocenters. The number of hydrogen-bond donors (Lipinski definition) is 3. The van der Waals surface area contributed by atoms with Crippen molar-refractivity contribution in [2.24, 2.45) is 0 Å². The van der Waals surface area contributed by atoms with Gasteiger partial charge in [0.25, 0.3) is 11.8 Å². The van der Waals surface area contributed by atoms with Gasteiger partial charge in [0.2, 0.25) is 0 Å². The second kappa shape index (κ2) is 11.2. The fraction of sp³-hybridized carbons (Fsp3) is 0.0417. The number of amides is 4. The molecule has 3 N–H and O–H groups in total. The van der Waals surface area contributed by atoms with Crippen molar-refractivity contribution < 1.29 is 14.4 Å². The predicted octanol–water partition coefficient (Wildman–Crippen LogP) is 5.37. The van der Waals surface area contributed by atoms with Gasteiger partial charge in [-0.2, -0.15) is 0 Å². The Labute approximate surface area is 195 Å². The van der Waals surface area contributed by atoms with Crippen molar-refractivity contribution in [1.29, 1.82) is 0 Å². The lowest BCUT2D eigenvalue weighted by atomic mass is 10.2. The monoisotopic (exact) mass is 465 g/mol. The van der Waals surface area contributed by atoms with Gasteiger partial charge in [0.05, 0.1) is 10.6 Å². The topological polar surface area (TPSA) is 87.3 Å². The lowest BCUT2D eigenvalue weighted by molar-refractivity contribution is 0.0952. The highest BCUT2D eigenvalue weighted by Gasteiger charge is 2.13. The van der Waals surface area contributed by atoms with Gasteiger partial charge in [0.1, 0.15) is 0 Å². The molecule has 6 nitrogen and oxygen atoms in total. The minimum Gasteiger partial charge on any atom is -0.349 e. The summed E-state index contributed by atoms with van der Waals surface area (Å²) < 4.78 is 0. The molecule has 0 unspecified atom stereocenters. The maximum atomic E-state index is 12.2. The van der Waals surface area contributed by atoms with E-state index in [0.717, 1.165) is 9.79 Å². The second-order valence-corrected chi connectivity index (χ2v) is 8.10. The van der Waals surface area contributed by atoms with Crippen molar-refractivity contribution in [2.45, 2.75) is 9.79 Å². The van der Waals surface area contributed by atoms with E-state index in [4.69, 9.17) is 11.6 Å². The number of nitrogens with one attached hydrogen (secondary N) is 3. The number of imide groups is 1. The number of hydrogen-bond acceptors (Lipinski definition) is 4. The molecule has 3 rings (SSSR count). The molecule has 0 aliphatic heterocycles. The Balaban J connectivity index is 1.58. The summed E-state index contributed by atoms with van der Waals surface area (Å²) in [6.07, 6.45) is 1.62. The van der Waals surface area contributed by atoms with Crippen molar-refractivity contribution in [3.63, 3.8) is 0 Å². The van der Waals surface area contributed by atoms with Crippen LogP contribution in [0.15, 0.2) is 95.2 Å². The quantitative estimate of drug-likeness (QED) is 0.409. The SMILES string of the molecule is C=CCNC(=O)c1cccc(Sc2ccc(NC(=O)NC(=O)c3ccccc3Cl)cc2)c1. The van der Waals surface area contributed by atoms with Crippen molar-refractivity contribution in [1.82, 2.24) is 10.6 Å². The van der Waals surface area contributed by atoms with Crippen LogP contribution in [0, 0.1) is 0 Å². The zero-order valence-corrected chi connectivity index (χ0v) is 18.5. The second-order valence-electron chi connectivity index (χ2n) is 6.54. The third-order valence-electron chi connectivity index (χ3n) is 4.20. The van der Waals surface area contributed by atoms with E-state index in [9.17, 15) is 14.4 Å². The van der Waals surface area contributed by atoms with Gasteiger partial charge in [-0.3, -0.25) is 14.9 Å². The van der Waals surface area contributed by atoms with E-state index in [1.54, 1.807) is 42.5 Å². The number of rotatable bonds is 7. The molecule has 8 heteroatoms. The van der Waals surface area contributed by atoms with Crippen LogP contribution in [0.2, 0.25) is 5.02 Å². The Hall–Kier alpha value is -3.55. The Kier molecular flexibility index (Phi) is 8.08. The van der Waals surface area contributed by atoms with Gasteiger partial charge in [-0.1, -0.05) is 47.6 Å². The van der Waals surface area contributed by atoms with Crippen LogP contribution in [0.4, 0.5) is 10.5 Å². The molecule has 0 aliphatic carbocycles. The highest BCUT2D eigenvalue weighted by Crippen LogP contribution is 2.29. The molecule has 0 aliphatic rings. The summed E-state index contributed by atoms with van der Waals surface area (Å²) in [7, 11) is 0. The first-order valence-electron chi connectivity index (χ1n) is 9.60. The normalized spacial score (nSPS) is 10.2. The van der Waals surface area contributed by atoms with Crippen LogP contribution < -0.4 is 16.0 Å². The molecule has 0 radical (unpaired) electrons. The molecule has 32 heavy (non-hydrogen) atoms. The Bertz CT molecular complexity index is 1150. The number of benzene rings is 3. The lowest BCUT2D eigenvalue weighted by Gasteiger charge is -2.09. The fourth-order valence-electron chi connectivity index (χ4n) is 2.69. The van der Waals surface area contributed by atoms with Crippen molar-refractivity contribution in [3.8, 4) is 0 Å². The first kappa shape index (κ1) is 23.1. The van der Waals surface area contributed by atoms with Crippen molar-refractivity contribution >= 4 is 46.9 Å². The zero-order chi connectivity index (χ0) is 22.9. The highest BCUT2D eigenvalue weighted by atomic mass is 35.5. The standard InChI is InChI=1S/C24H20ClN3O3S/c1-2-14-26-22(29)16-6-5-7-19(15-16)32-18-12-10-17(11-13-18)27-24(31)28-23(30)20-8-3-4-9-21(20)25/h2-13,15H,1,14H2,(H,26,29)(H2,27,28,30,31). The van der Waals surface area contributed by atoms with E-state index in [0.29, 0.717) is 17.8 Å². The molecule has 3 aromatic carbocycles. The Morgan fingerprint density at radius 2 is 1.66 bits per heavy atom. The molecule has 0 saturated heterocycles. The molecule has 0 spiro atoms. The van der Waals surface area contributed by atoms with Crippen LogP contribution in [0.25, 0.3) is 0 Å². The van der Waals surface area contributed by atoms with E-state index in [1.165, 1.54) is 17.8 Å². The third kappa shape index (κ3) is 6.47. The molecule has 0 heterocycles. The summed E-state index contributed by atoms with van der Waals surface area (Å²) in [5.41, 5.74) is 1.31. The third-order valence-corrected chi connectivity index (χ3v) is 5.52. The minimum absolute atomic E-state index is 0.163.